The second-order valence-electron chi connectivity index (χ2n) is 5.00. The van der Waals surface area contributed by atoms with Crippen LogP contribution in [0.1, 0.15) is 23.1 Å². The van der Waals surface area contributed by atoms with E-state index in [1.807, 2.05) is 6.20 Å². The first-order valence-corrected chi connectivity index (χ1v) is 6.93. The van der Waals surface area contributed by atoms with Gasteiger partial charge in [-0.2, -0.15) is 0 Å². The van der Waals surface area contributed by atoms with Gasteiger partial charge < -0.3 is 5.73 Å². The first kappa shape index (κ1) is 11.9. The highest BCUT2D eigenvalue weighted by molar-refractivity contribution is 9.10. The van der Waals surface area contributed by atoms with Crippen molar-refractivity contribution in [2.45, 2.75) is 24.8 Å². The van der Waals surface area contributed by atoms with Crippen LogP contribution in [0.2, 0.25) is 0 Å². The largest absolute Gasteiger partial charge is 0.321 e. The lowest BCUT2D eigenvalue weighted by molar-refractivity contribution is 0.438. The lowest BCUT2D eigenvalue weighted by Crippen LogP contribution is -2.36. The Morgan fingerprint density at radius 2 is 2.11 bits per heavy atom. The molecule has 0 amide bonds. The SMILES string of the molecule is NC1(Cc2cncc(Br)c2)CCc2ccccc21. The second kappa shape index (κ2) is 4.48. The van der Waals surface area contributed by atoms with E-state index in [4.69, 9.17) is 5.73 Å². The first-order valence-electron chi connectivity index (χ1n) is 6.14. The van der Waals surface area contributed by atoms with E-state index in [0.717, 1.165) is 23.7 Å². The van der Waals surface area contributed by atoms with Crippen molar-refractivity contribution in [3.63, 3.8) is 0 Å². The topological polar surface area (TPSA) is 38.9 Å². The van der Waals surface area contributed by atoms with Gasteiger partial charge in [0.05, 0.1) is 0 Å². The maximum absolute atomic E-state index is 6.61. The van der Waals surface area contributed by atoms with Gasteiger partial charge in [-0.3, -0.25) is 4.98 Å². The maximum atomic E-state index is 6.61. The summed E-state index contributed by atoms with van der Waals surface area (Å²) in [6.07, 6.45) is 6.64. The fraction of sp³-hybridized carbons (Fsp3) is 0.267. The summed E-state index contributed by atoms with van der Waals surface area (Å²) in [4.78, 5) is 4.21. The molecule has 0 saturated carbocycles. The minimum absolute atomic E-state index is 0.237. The van der Waals surface area contributed by atoms with Gasteiger partial charge in [0.1, 0.15) is 0 Å². The summed E-state index contributed by atoms with van der Waals surface area (Å²) in [5.74, 6) is 0. The van der Waals surface area contributed by atoms with E-state index < -0.39 is 0 Å². The molecule has 1 atom stereocenters. The molecule has 1 unspecified atom stereocenters. The number of nitrogens with two attached hydrogens (primary N) is 1. The van der Waals surface area contributed by atoms with Crippen molar-refractivity contribution in [1.82, 2.24) is 4.98 Å². The molecule has 2 N–H and O–H groups in total. The molecule has 2 nitrogen and oxygen atoms in total. The molecule has 1 aromatic heterocycles. The highest BCUT2D eigenvalue weighted by atomic mass is 79.9. The molecule has 3 heteroatoms. The van der Waals surface area contributed by atoms with Crippen molar-refractivity contribution in [3.8, 4) is 0 Å². The van der Waals surface area contributed by atoms with E-state index in [2.05, 4.69) is 51.2 Å². The van der Waals surface area contributed by atoms with Crippen molar-refractivity contribution < 1.29 is 0 Å². The van der Waals surface area contributed by atoms with Crippen LogP contribution in [0.3, 0.4) is 0 Å². The van der Waals surface area contributed by atoms with Crippen LogP contribution in [0.25, 0.3) is 0 Å². The third-order valence-electron chi connectivity index (χ3n) is 3.68. The standard InChI is InChI=1S/C15H15BrN2/c16-13-7-11(9-18-10-13)8-15(17)6-5-12-3-1-2-4-14(12)15/h1-4,7,9-10H,5-6,8,17H2. The molecular formula is C15H15BrN2. The zero-order valence-electron chi connectivity index (χ0n) is 10.1. The molecule has 3 rings (SSSR count). The van der Waals surface area contributed by atoms with E-state index in [9.17, 15) is 0 Å². The molecule has 0 radical (unpaired) electrons. The fourth-order valence-electron chi connectivity index (χ4n) is 2.82. The smallest absolute Gasteiger partial charge is 0.0456 e. The van der Waals surface area contributed by atoms with E-state index in [-0.39, 0.29) is 5.54 Å². The van der Waals surface area contributed by atoms with Crippen LogP contribution in [-0.2, 0) is 18.4 Å². The summed E-state index contributed by atoms with van der Waals surface area (Å²) < 4.78 is 1.01. The van der Waals surface area contributed by atoms with E-state index in [1.54, 1.807) is 6.20 Å². The molecule has 1 aliphatic carbocycles. The van der Waals surface area contributed by atoms with Crippen molar-refractivity contribution >= 4 is 15.9 Å². The average Bonchev–Trinajstić information content (AvgIpc) is 2.68. The number of aromatic nitrogens is 1. The van der Waals surface area contributed by atoms with Crippen LogP contribution in [0.15, 0.2) is 47.2 Å². The first-order chi connectivity index (χ1) is 8.67. The van der Waals surface area contributed by atoms with Crippen LogP contribution in [-0.4, -0.2) is 4.98 Å². The fourth-order valence-corrected chi connectivity index (χ4v) is 3.23. The van der Waals surface area contributed by atoms with Gasteiger partial charge in [0.2, 0.25) is 0 Å². The Labute approximate surface area is 115 Å². The van der Waals surface area contributed by atoms with Gasteiger partial charge in [-0.1, -0.05) is 24.3 Å². The lowest BCUT2D eigenvalue weighted by Gasteiger charge is -2.25. The predicted molar refractivity (Wildman–Crippen MR) is 76.3 cm³/mol. The zero-order chi connectivity index (χ0) is 12.6. The van der Waals surface area contributed by atoms with Gasteiger partial charge in [-0.15, -0.1) is 0 Å². The third-order valence-corrected chi connectivity index (χ3v) is 4.11. The zero-order valence-corrected chi connectivity index (χ0v) is 11.7. The van der Waals surface area contributed by atoms with Gasteiger partial charge in [-0.25, -0.2) is 0 Å². The molecule has 0 saturated heterocycles. The number of halogens is 1. The minimum atomic E-state index is -0.237. The highest BCUT2D eigenvalue weighted by Crippen LogP contribution is 2.37. The maximum Gasteiger partial charge on any atom is 0.0456 e. The van der Waals surface area contributed by atoms with Crippen molar-refractivity contribution in [3.05, 3.63) is 63.9 Å². The Bertz CT molecular complexity index is 582. The average molecular weight is 303 g/mol. The number of aryl methyl sites for hydroxylation is 1. The van der Waals surface area contributed by atoms with E-state index in [1.165, 1.54) is 16.7 Å². The Hall–Kier alpha value is -1.19. The predicted octanol–water partition coefficient (Wildman–Crippen LogP) is 3.19. The number of hydrogen-bond acceptors (Lipinski definition) is 2. The molecule has 2 aromatic rings. The van der Waals surface area contributed by atoms with E-state index >= 15 is 0 Å². The summed E-state index contributed by atoms with van der Waals surface area (Å²) in [6, 6.07) is 10.6. The van der Waals surface area contributed by atoms with E-state index in [0.29, 0.717) is 0 Å². The normalized spacial score (nSPS) is 21.9. The number of pyridine rings is 1. The highest BCUT2D eigenvalue weighted by Gasteiger charge is 2.34. The molecule has 18 heavy (non-hydrogen) atoms. The Morgan fingerprint density at radius 1 is 1.28 bits per heavy atom. The van der Waals surface area contributed by atoms with Crippen LogP contribution in [0, 0.1) is 0 Å². The summed E-state index contributed by atoms with van der Waals surface area (Å²) >= 11 is 3.46. The van der Waals surface area contributed by atoms with Crippen molar-refractivity contribution in [2.24, 2.45) is 5.73 Å². The molecule has 1 heterocycles. The van der Waals surface area contributed by atoms with Gasteiger partial charge in [-0.05, 0) is 57.9 Å². The van der Waals surface area contributed by atoms with Gasteiger partial charge in [0.15, 0.2) is 0 Å². The Kier molecular flexibility index (Phi) is 2.96. The second-order valence-corrected chi connectivity index (χ2v) is 5.92. The van der Waals surface area contributed by atoms with Crippen LogP contribution in [0.5, 0.6) is 0 Å². The minimum Gasteiger partial charge on any atom is -0.321 e. The van der Waals surface area contributed by atoms with Gasteiger partial charge in [0.25, 0.3) is 0 Å². The summed E-state index contributed by atoms with van der Waals surface area (Å²) in [6.45, 7) is 0. The number of fused-ring (bicyclic) bond motifs is 1. The molecule has 0 aliphatic heterocycles. The molecule has 0 spiro atoms. The van der Waals surface area contributed by atoms with Crippen LogP contribution in [0.4, 0.5) is 0 Å². The van der Waals surface area contributed by atoms with Gasteiger partial charge >= 0.3 is 0 Å². The lowest BCUT2D eigenvalue weighted by atomic mass is 9.87. The Morgan fingerprint density at radius 3 is 2.94 bits per heavy atom. The summed E-state index contributed by atoms with van der Waals surface area (Å²) in [5, 5.41) is 0. The third kappa shape index (κ3) is 2.08. The van der Waals surface area contributed by atoms with Gasteiger partial charge in [0, 0.05) is 22.4 Å². The molecular weight excluding hydrogens is 288 g/mol. The van der Waals surface area contributed by atoms with Crippen LogP contribution < -0.4 is 5.73 Å². The van der Waals surface area contributed by atoms with Crippen molar-refractivity contribution in [2.75, 3.05) is 0 Å². The molecule has 92 valence electrons. The molecule has 1 aliphatic rings. The number of hydrogen-bond donors (Lipinski definition) is 1. The molecule has 0 fully saturated rings. The van der Waals surface area contributed by atoms with Crippen molar-refractivity contribution in [1.29, 1.82) is 0 Å². The monoisotopic (exact) mass is 302 g/mol. The van der Waals surface area contributed by atoms with Crippen LogP contribution >= 0.6 is 15.9 Å². The molecule has 1 aromatic carbocycles. The molecule has 0 bridgehead atoms. The number of nitrogens with zero attached hydrogens (tertiary/aromatic N) is 1. The number of rotatable bonds is 2. The number of benzene rings is 1. The Balaban J connectivity index is 1.94. The quantitative estimate of drug-likeness (QED) is 0.925. The summed E-state index contributed by atoms with van der Waals surface area (Å²) in [7, 11) is 0. The summed E-state index contributed by atoms with van der Waals surface area (Å²) in [5.41, 5.74) is 10.2.